The van der Waals surface area contributed by atoms with E-state index in [1.165, 1.54) is 0 Å². The van der Waals surface area contributed by atoms with Gasteiger partial charge in [-0.1, -0.05) is 15.9 Å². The summed E-state index contributed by atoms with van der Waals surface area (Å²) in [6.45, 7) is -3.04. The van der Waals surface area contributed by atoms with Gasteiger partial charge in [-0.25, -0.2) is 4.98 Å². The third kappa shape index (κ3) is 2.04. The molecule has 0 aliphatic heterocycles. The molecule has 4 heteroatoms. The van der Waals surface area contributed by atoms with Crippen LogP contribution in [-0.4, -0.2) is 17.8 Å². The Morgan fingerprint density at radius 2 is 2.67 bits per heavy atom. The van der Waals surface area contributed by atoms with Gasteiger partial charge in [-0.3, -0.25) is 4.79 Å². The number of aromatic nitrogens is 1. The first-order valence-electron chi connectivity index (χ1n) is 6.75. The Morgan fingerprint density at radius 3 is 3.33 bits per heavy atom. The summed E-state index contributed by atoms with van der Waals surface area (Å²) in [7, 11) is -2.92. The Kier molecular flexibility index (Phi) is 0.949. The fourth-order valence-corrected chi connectivity index (χ4v) is 0.900. The van der Waals surface area contributed by atoms with Gasteiger partial charge in [-0.05, 0) is 6.04 Å². The molecule has 0 saturated carbocycles. The standard InChI is InChI=1S/C8H8BrNO2/c1-5(11)7-3-6(9)4-8(10-7)12-2/h3-4H,1-2H3/i1D3,2D3,3D,4D. The summed E-state index contributed by atoms with van der Waals surface area (Å²) in [5.41, 5.74) is -0.785. The molecule has 0 aromatic carbocycles. The van der Waals surface area contributed by atoms with Crippen molar-refractivity contribution in [1.29, 1.82) is 0 Å². The van der Waals surface area contributed by atoms with E-state index in [-0.39, 0.29) is 4.47 Å². The van der Waals surface area contributed by atoms with Crippen molar-refractivity contribution in [3.05, 3.63) is 22.3 Å². The normalized spacial score (nSPS) is 21.4. The van der Waals surface area contributed by atoms with Crippen LogP contribution in [0.4, 0.5) is 0 Å². The predicted octanol–water partition coefficient (Wildman–Crippen LogP) is 2.06. The minimum absolute atomic E-state index is 0.278. The molecule has 1 heterocycles. The van der Waals surface area contributed by atoms with Crippen LogP contribution in [-0.2, 0) is 0 Å². The number of nitrogens with zero attached hydrogens (tertiary/aromatic N) is 1. The molecule has 0 radical (unpaired) electrons. The second-order valence-corrected chi connectivity index (χ2v) is 2.55. The summed E-state index contributed by atoms with van der Waals surface area (Å²) >= 11 is 2.81. The topological polar surface area (TPSA) is 39.2 Å². The third-order valence-electron chi connectivity index (χ3n) is 0.970. The third-order valence-corrected chi connectivity index (χ3v) is 1.37. The van der Waals surface area contributed by atoms with Gasteiger partial charge in [0.15, 0.2) is 5.78 Å². The molecule has 0 saturated heterocycles. The molecular formula is C8H8BrNO2. The monoisotopic (exact) mass is 237 g/mol. The maximum atomic E-state index is 11.6. The van der Waals surface area contributed by atoms with E-state index in [0.29, 0.717) is 0 Å². The van der Waals surface area contributed by atoms with Crippen molar-refractivity contribution < 1.29 is 20.5 Å². The van der Waals surface area contributed by atoms with Crippen molar-refractivity contribution in [3.63, 3.8) is 0 Å². The zero-order chi connectivity index (χ0) is 15.9. The highest BCUT2D eigenvalue weighted by Crippen LogP contribution is 2.17. The molecule has 0 amide bonds. The average Bonchev–Trinajstić information content (AvgIpc) is 2.26. The number of halogens is 1. The van der Waals surface area contributed by atoms with Gasteiger partial charge in [-0.2, -0.15) is 0 Å². The Morgan fingerprint density at radius 1 is 1.83 bits per heavy atom. The number of methoxy groups -OCH3 is 1. The van der Waals surface area contributed by atoms with Gasteiger partial charge in [0.2, 0.25) is 5.88 Å². The van der Waals surface area contributed by atoms with E-state index in [2.05, 4.69) is 25.7 Å². The van der Waals surface area contributed by atoms with E-state index < -0.39 is 43.3 Å². The van der Waals surface area contributed by atoms with Crippen molar-refractivity contribution in [3.8, 4) is 5.88 Å². The van der Waals surface area contributed by atoms with Gasteiger partial charge in [-0.15, -0.1) is 0 Å². The summed E-state index contributed by atoms with van der Waals surface area (Å²) in [5, 5.41) is 0. The van der Waals surface area contributed by atoms with Crippen LogP contribution in [0.25, 0.3) is 0 Å². The Bertz CT molecular complexity index is 553. The first-order valence-corrected chi connectivity index (χ1v) is 3.54. The lowest BCUT2D eigenvalue weighted by Gasteiger charge is -2.01. The molecule has 0 fully saturated rings. The van der Waals surface area contributed by atoms with Crippen LogP contribution in [0.1, 0.15) is 28.3 Å². The van der Waals surface area contributed by atoms with Crippen molar-refractivity contribution >= 4 is 21.7 Å². The minimum Gasteiger partial charge on any atom is -0.481 e. The molecule has 1 rings (SSSR count). The quantitative estimate of drug-likeness (QED) is 0.740. The zero-order valence-electron chi connectivity index (χ0n) is 13.6. The number of hydrogen-bond acceptors (Lipinski definition) is 3. The maximum absolute atomic E-state index is 11.6. The highest BCUT2D eigenvalue weighted by molar-refractivity contribution is 9.10. The highest BCUT2D eigenvalue weighted by atomic mass is 79.9. The number of carbonyl (C=O) groups is 1. The lowest BCUT2D eigenvalue weighted by Crippen LogP contribution is -1.98. The van der Waals surface area contributed by atoms with Crippen molar-refractivity contribution in [2.45, 2.75) is 6.85 Å². The van der Waals surface area contributed by atoms with Crippen LogP contribution >= 0.6 is 15.9 Å². The summed E-state index contributed by atoms with van der Waals surface area (Å²) < 4.78 is 61.0. The molecule has 1 aromatic rings. The molecule has 0 N–H and O–H groups in total. The predicted molar refractivity (Wildman–Crippen MR) is 48.5 cm³/mol. The number of ether oxygens (including phenoxy) is 1. The van der Waals surface area contributed by atoms with Gasteiger partial charge < -0.3 is 4.74 Å². The number of rotatable bonds is 2. The lowest BCUT2D eigenvalue weighted by molar-refractivity contribution is 0.101. The van der Waals surface area contributed by atoms with Crippen LogP contribution in [0.2, 0.25) is 0 Å². The number of pyridine rings is 1. The van der Waals surface area contributed by atoms with E-state index in [0.717, 1.165) is 0 Å². The van der Waals surface area contributed by atoms with E-state index in [9.17, 15) is 4.79 Å². The van der Waals surface area contributed by atoms with Crippen LogP contribution < -0.4 is 4.74 Å². The SMILES string of the molecule is [2H]c1c(OC([2H])([2H])[2H])nc(C(=O)C([2H])([2H])[2H])c([2H])c1Br. The zero-order valence-corrected chi connectivity index (χ0v) is 7.23. The van der Waals surface area contributed by atoms with Gasteiger partial charge in [0.25, 0.3) is 0 Å². The fraction of sp³-hybridized carbons (Fsp3) is 0.250. The Labute approximate surface area is 90.1 Å². The summed E-state index contributed by atoms with van der Waals surface area (Å²) in [6, 6.07) is -1.18. The summed E-state index contributed by atoms with van der Waals surface area (Å²) in [4.78, 5) is 15.0. The molecule has 1 aromatic heterocycles. The second-order valence-electron chi connectivity index (χ2n) is 1.76. The molecule has 0 aliphatic rings. The molecule has 3 nitrogen and oxygen atoms in total. The minimum atomic E-state index is -3.04. The first kappa shape index (κ1) is 3.10. The average molecular weight is 238 g/mol. The smallest absolute Gasteiger partial charge is 0.214 e. The number of hydrogen-bond donors (Lipinski definition) is 0. The summed E-state index contributed by atoms with van der Waals surface area (Å²) in [6.07, 6.45) is 0. The first-order chi connectivity index (χ1) is 8.84. The Balaban J connectivity index is 3.45. The molecule has 64 valence electrons. The second kappa shape index (κ2) is 3.67. The molecular weight excluding hydrogens is 222 g/mol. The maximum Gasteiger partial charge on any atom is 0.214 e. The van der Waals surface area contributed by atoms with Crippen molar-refractivity contribution in [1.82, 2.24) is 4.98 Å². The van der Waals surface area contributed by atoms with Crippen LogP contribution in [0.3, 0.4) is 0 Å². The molecule has 0 unspecified atom stereocenters. The Hall–Kier alpha value is -0.900. The van der Waals surface area contributed by atoms with Gasteiger partial charge >= 0.3 is 0 Å². The van der Waals surface area contributed by atoms with E-state index in [1.807, 2.05) is 0 Å². The molecule has 0 bridgehead atoms. The summed E-state index contributed by atoms with van der Waals surface area (Å²) in [5.74, 6) is -2.18. The molecule has 12 heavy (non-hydrogen) atoms. The van der Waals surface area contributed by atoms with Gasteiger partial charge in [0, 0.05) is 21.5 Å². The molecule has 0 atom stereocenters. The molecule has 0 spiro atoms. The lowest BCUT2D eigenvalue weighted by atomic mass is 10.3. The highest BCUT2D eigenvalue weighted by Gasteiger charge is 2.04. The van der Waals surface area contributed by atoms with Gasteiger partial charge in [0.1, 0.15) is 5.69 Å². The van der Waals surface area contributed by atoms with E-state index in [1.54, 1.807) is 0 Å². The number of carbonyl (C=O) groups excluding carboxylic acids is 1. The van der Waals surface area contributed by atoms with Gasteiger partial charge in [0.05, 0.1) is 13.9 Å². The fourth-order valence-electron chi connectivity index (χ4n) is 0.542. The van der Waals surface area contributed by atoms with Crippen molar-refractivity contribution in [2.75, 3.05) is 7.04 Å². The van der Waals surface area contributed by atoms with E-state index in [4.69, 9.17) is 11.0 Å². The van der Waals surface area contributed by atoms with Crippen LogP contribution in [0.5, 0.6) is 5.88 Å². The van der Waals surface area contributed by atoms with E-state index >= 15 is 0 Å². The van der Waals surface area contributed by atoms with Crippen LogP contribution in [0.15, 0.2) is 16.6 Å². The number of Topliss-reactive ketones (excluding diaryl/α,β-unsaturated/α-hetero) is 1. The van der Waals surface area contributed by atoms with Crippen LogP contribution in [0, 0.1) is 0 Å². The largest absolute Gasteiger partial charge is 0.481 e. The van der Waals surface area contributed by atoms with Crippen molar-refractivity contribution in [2.24, 2.45) is 0 Å². The molecule has 0 aliphatic carbocycles. The number of ketones is 1.